The van der Waals surface area contributed by atoms with Gasteiger partial charge in [0.15, 0.2) is 0 Å². The molecule has 1 saturated heterocycles. The van der Waals surface area contributed by atoms with Crippen LogP contribution in [0.4, 0.5) is 15.8 Å². The van der Waals surface area contributed by atoms with Crippen LogP contribution in [-0.2, 0) is 11.3 Å². The van der Waals surface area contributed by atoms with Crippen LogP contribution < -0.4 is 9.80 Å². The molecule has 0 saturated carbocycles. The molecule has 0 unspecified atom stereocenters. The van der Waals surface area contributed by atoms with Gasteiger partial charge in [0.1, 0.15) is 5.82 Å². The number of likely N-dealkylation sites (N-methyl/N-ethyl adjacent to an activating group) is 1. The van der Waals surface area contributed by atoms with Gasteiger partial charge in [0.05, 0.1) is 6.54 Å². The number of carbonyl (C=O) groups excluding carboxylic acids is 1. The minimum absolute atomic E-state index is 0.131. The first-order chi connectivity index (χ1) is 13.4. The van der Waals surface area contributed by atoms with Gasteiger partial charge in [-0.15, -0.1) is 0 Å². The van der Waals surface area contributed by atoms with Crippen LogP contribution in [0, 0.1) is 5.82 Å². The highest BCUT2D eigenvalue weighted by molar-refractivity contribution is 5.78. The Balaban J connectivity index is 1.46. The molecular weight excluding hydrogens is 355 g/mol. The average Bonchev–Trinajstić information content (AvgIpc) is 2.69. The second-order valence-corrected chi connectivity index (χ2v) is 7.55. The molecule has 0 aliphatic carbocycles. The maximum atomic E-state index is 13.1. The van der Waals surface area contributed by atoms with Crippen LogP contribution in [0.25, 0.3) is 0 Å². The number of amides is 1. The van der Waals surface area contributed by atoms with Crippen LogP contribution in [0.2, 0.25) is 0 Å². The Morgan fingerprint density at radius 3 is 2.11 bits per heavy atom. The highest BCUT2D eigenvalue weighted by Crippen LogP contribution is 2.17. The van der Waals surface area contributed by atoms with Gasteiger partial charge in [0.2, 0.25) is 5.91 Å². The molecule has 1 amide bonds. The molecule has 0 radical (unpaired) electrons. The molecule has 1 aliphatic heterocycles. The number of hydrogen-bond donors (Lipinski definition) is 0. The lowest BCUT2D eigenvalue weighted by atomic mass is 10.2. The van der Waals surface area contributed by atoms with E-state index >= 15 is 0 Å². The lowest BCUT2D eigenvalue weighted by molar-refractivity contribution is -0.131. The van der Waals surface area contributed by atoms with E-state index in [1.165, 1.54) is 12.1 Å². The van der Waals surface area contributed by atoms with Gasteiger partial charge in [-0.25, -0.2) is 4.39 Å². The van der Waals surface area contributed by atoms with Crippen molar-refractivity contribution in [3.05, 3.63) is 59.9 Å². The summed E-state index contributed by atoms with van der Waals surface area (Å²) in [5, 5.41) is 0. The molecule has 0 aromatic heterocycles. The molecule has 150 valence electrons. The highest BCUT2D eigenvalue weighted by atomic mass is 19.1. The monoisotopic (exact) mass is 384 g/mol. The van der Waals surface area contributed by atoms with Crippen molar-refractivity contribution in [3.63, 3.8) is 0 Å². The standard InChI is InChI=1S/C22H29FN4O/c1-24(2)20-8-4-18(5-9-20)16-25(3)22(28)17-26-12-14-27(15-13-26)21-10-6-19(23)7-11-21/h4-11H,12-17H2,1-3H3. The molecule has 28 heavy (non-hydrogen) atoms. The van der Waals surface area contributed by atoms with Crippen LogP contribution in [0.5, 0.6) is 0 Å². The number of benzene rings is 2. The van der Waals surface area contributed by atoms with Crippen LogP contribution >= 0.6 is 0 Å². The minimum atomic E-state index is -0.215. The summed E-state index contributed by atoms with van der Waals surface area (Å²) in [6.07, 6.45) is 0. The van der Waals surface area contributed by atoms with Gasteiger partial charge >= 0.3 is 0 Å². The maximum absolute atomic E-state index is 13.1. The predicted molar refractivity (Wildman–Crippen MR) is 112 cm³/mol. The number of anilines is 2. The van der Waals surface area contributed by atoms with Crippen molar-refractivity contribution in [3.8, 4) is 0 Å². The van der Waals surface area contributed by atoms with E-state index in [2.05, 4.69) is 39.0 Å². The lowest BCUT2D eigenvalue weighted by Crippen LogP contribution is -2.49. The predicted octanol–water partition coefficient (Wildman–Crippen LogP) is 2.67. The molecule has 1 fully saturated rings. The Hall–Kier alpha value is -2.60. The van der Waals surface area contributed by atoms with Crippen molar-refractivity contribution in [1.29, 1.82) is 0 Å². The van der Waals surface area contributed by atoms with Gasteiger partial charge in [0, 0.05) is 65.2 Å². The van der Waals surface area contributed by atoms with Crippen molar-refractivity contribution in [2.24, 2.45) is 0 Å². The fourth-order valence-electron chi connectivity index (χ4n) is 3.39. The summed E-state index contributed by atoms with van der Waals surface area (Å²) in [7, 11) is 5.89. The average molecular weight is 384 g/mol. The van der Waals surface area contributed by atoms with Crippen LogP contribution in [-0.4, -0.2) is 69.6 Å². The van der Waals surface area contributed by atoms with E-state index in [9.17, 15) is 9.18 Å². The van der Waals surface area contributed by atoms with Gasteiger partial charge in [-0.1, -0.05) is 12.1 Å². The molecule has 1 aliphatic rings. The first kappa shape index (κ1) is 20.1. The van der Waals surface area contributed by atoms with Crippen molar-refractivity contribution < 1.29 is 9.18 Å². The van der Waals surface area contributed by atoms with Crippen molar-refractivity contribution in [1.82, 2.24) is 9.80 Å². The Labute approximate surface area is 166 Å². The summed E-state index contributed by atoms with van der Waals surface area (Å²) in [5.74, 6) is -0.0840. The highest BCUT2D eigenvalue weighted by Gasteiger charge is 2.20. The summed E-state index contributed by atoms with van der Waals surface area (Å²) < 4.78 is 13.1. The lowest BCUT2D eigenvalue weighted by Gasteiger charge is -2.36. The van der Waals surface area contributed by atoms with E-state index < -0.39 is 0 Å². The summed E-state index contributed by atoms with van der Waals surface area (Å²) in [6, 6.07) is 14.9. The number of piperazine rings is 1. The van der Waals surface area contributed by atoms with E-state index in [1.54, 1.807) is 4.90 Å². The third kappa shape index (κ3) is 5.23. The molecule has 0 atom stereocenters. The molecule has 6 heteroatoms. The Bertz CT molecular complexity index is 768. The van der Waals surface area contributed by atoms with Gasteiger partial charge in [-0.3, -0.25) is 9.69 Å². The van der Waals surface area contributed by atoms with E-state index in [0.717, 1.165) is 43.1 Å². The summed E-state index contributed by atoms with van der Waals surface area (Å²) in [6.45, 7) is 4.39. The molecule has 0 bridgehead atoms. The molecule has 1 heterocycles. The minimum Gasteiger partial charge on any atom is -0.378 e. The van der Waals surface area contributed by atoms with E-state index in [0.29, 0.717) is 13.1 Å². The van der Waals surface area contributed by atoms with E-state index in [4.69, 9.17) is 0 Å². The molecule has 2 aromatic rings. The molecule has 0 N–H and O–H groups in total. The zero-order valence-electron chi connectivity index (χ0n) is 16.9. The molecule has 5 nitrogen and oxygen atoms in total. The first-order valence-electron chi connectivity index (χ1n) is 9.65. The van der Waals surface area contributed by atoms with Gasteiger partial charge in [-0.05, 0) is 42.0 Å². The van der Waals surface area contributed by atoms with Gasteiger partial charge in [0.25, 0.3) is 0 Å². The molecular formula is C22H29FN4O. The van der Waals surface area contributed by atoms with Gasteiger partial charge in [-0.2, -0.15) is 0 Å². The van der Waals surface area contributed by atoms with Crippen molar-refractivity contribution in [2.45, 2.75) is 6.54 Å². The fraction of sp³-hybridized carbons (Fsp3) is 0.409. The van der Waals surface area contributed by atoms with Crippen molar-refractivity contribution >= 4 is 17.3 Å². The largest absolute Gasteiger partial charge is 0.378 e. The van der Waals surface area contributed by atoms with Crippen molar-refractivity contribution in [2.75, 3.05) is 63.7 Å². The zero-order valence-corrected chi connectivity index (χ0v) is 16.9. The van der Waals surface area contributed by atoms with E-state index in [1.807, 2.05) is 33.3 Å². The second kappa shape index (κ2) is 9.06. The fourth-order valence-corrected chi connectivity index (χ4v) is 3.39. The smallest absolute Gasteiger partial charge is 0.236 e. The van der Waals surface area contributed by atoms with Crippen LogP contribution in [0.1, 0.15) is 5.56 Å². The quantitative estimate of drug-likeness (QED) is 0.766. The summed E-state index contributed by atoms with van der Waals surface area (Å²) in [4.78, 5) is 20.9. The Morgan fingerprint density at radius 2 is 1.54 bits per heavy atom. The van der Waals surface area contributed by atoms with Gasteiger partial charge < -0.3 is 14.7 Å². The second-order valence-electron chi connectivity index (χ2n) is 7.55. The Kier molecular flexibility index (Phi) is 6.52. The number of hydrogen-bond acceptors (Lipinski definition) is 4. The first-order valence-corrected chi connectivity index (χ1v) is 9.65. The van der Waals surface area contributed by atoms with Crippen LogP contribution in [0.3, 0.4) is 0 Å². The molecule has 3 rings (SSSR count). The number of nitrogens with zero attached hydrogens (tertiary/aromatic N) is 4. The van der Waals surface area contributed by atoms with Crippen LogP contribution in [0.15, 0.2) is 48.5 Å². The van der Waals surface area contributed by atoms with E-state index in [-0.39, 0.29) is 11.7 Å². The number of rotatable bonds is 6. The normalized spacial score (nSPS) is 14.8. The maximum Gasteiger partial charge on any atom is 0.236 e. The summed E-state index contributed by atoms with van der Waals surface area (Å²) >= 11 is 0. The Morgan fingerprint density at radius 1 is 0.929 bits per heavy atom. The summed E-state index contributed by atoms with van der Waals surface area (Å²) in [5.41, 5.74) is 3.31. The zero-order chi connectivity index (χ0) is 20.1. The number of halogens is 1. The SMILES string of the molecule is CN(Cc1ccc(N(C)C)cc1)C(=O)CN1CCN(c2ccc(F)cc2)CC1. The topological polar surface area (TPSA) is 30.0 Å². The number of carbonyl (C=O) groups is 1. The third-order valence-corrected chi connectivity index (χ3v) is 5.22. The third-order valence-electron chi connectivity index (χ3n) is 5.22. The molecule has 2 aromatic carbocycles. The molecule has 0 spiro atoms.